The van der Waals surface area contributed by atoms with Crippen molar-refractivity contribution in [1.29, 1.82) is 0 Å². The van der Waals surface area contributed by atoms with Gasteiger partial charge in [0.2, 0.25) is 0 Å². The van der Waals surface area contributed by atoms with Gasteiger partial charge in [0.05, 0.1) is 0 Å². The molecule has 0 aromatic heterocycles. The average molecular weight is 454 g/mol. The summed E-state index contributed by atoms with van der Waals surface area (Å²) >= 11 is 0. The second-order valence-corrected chi connectivity index (χ2v) is 12.1. The summed E-state index contributed by atoms with van der Waals surface area (Å²) in [5.74, 6) is 0. The summed E-state index contributed by atoms with van der Waals surface area (Å²) in [6.07, 6.45) is 2.01. The maximum Gasteiger partial charge on any atom is 0.500 e. The predicted octanol–water partition coefficient (Wildman–Crippen LogP) is 4.19. The Kier molecular flexibility index (Phi) is 17.9. The van der Waals surface area contributed by atoms with Gasteiger partial charge in [-0.25, -0.2) is 0 Å². The molecule has 0 amide bonds. The number of rotatable bonds is 21. The van der Waals surface area contributed by atoms with Gasteiger partial charge in [-0.05, 0) is 74.0 Å². The average Bonchev–Trinajstić information content (AvgIpc) is 2.68. The molecule has 0 aromatic rings. The molecule has 0 atom stereocenters. The topological polar surface area (TPSA) is 58.6 Å². The lowest BCUT2D eigenvalue weighted by atomic mass is 10.3. The lowest BCUT2D eigenvalue weighted by Crippen LogP contribution is -2.47. The van der Waals surface area contributed by atoms with Crippen LogP contribution in [0.25, 0.3) is 0 Å². The fourth-order valence-corrected chi connectivity index (χ4v) is 8.66. The monoisotopic (exact) mass is 453 g/mol. The Balaban J connectivity index is 4.63. The summed E-state index contributed by atoms with van der Waals surface area (Å²) in [6, 6.07) is 1.71. The molecule has 0 fully saturated rings. The molecule has 7 nitrogen and oxygen atoms in total. The zero-order valence-electron chi connectivity index (χ0n) is 20.1. The summed E-state index contributed by atoms with van der Waals surface area (Å²) in [5, 5.41) is 0. The maximum atomic E-state index is 5.96. The van der Waals surface area contributed by atoms with Crippen molar-refractivity contribution in [1.82, 2.24) is 4.90 Å². The highest BCUT2D eigenvalue weighted by atomic mass is 28.4. The first-order chi connectivity index (χ1) is 14.0. The Labute approximate surface area is 182 Å². The van der Waals surface area contributed by atoms with Gasteiger partial charge in [-0.2, -0.15) is 0 Å². The molecule has 29 heavy (non-hydrogen) atoms. The molecular weight excluding hydrogens is 406 g/mol. The van der Waals surface area contributed by atoms with Gasteiger partial charge in [0.25, 0.3) is 0 Å². The first kappa shape index (κ1) is 29.2. The van der Waals surface area contributed by atoms with E-state index in [0.29, 0.717) is 39.6 Å². The zero-order chi connectivity index (χ0) is 22.0. The first-order valence-corrected chi connectivity index (χ1v) is 15.4. The van der Waals surface area contributed by atoms with Crippen LogP contribution in [0.4, 0.5) is 0 Å². The minimum absolute atomic E-state index is 0.628. The SMILES string of the molecule is CCO[Si](CCCN(CC)CCC[Si](OCC)(OCC)OCC)(OCC)OCC. The molecule has 0 rings (SSSR count). The van der Waals surface area contributed by atoms with Crippen molar-refractivity contribution < 1.29 is 26.6 Å². The van der Waals surface area contributed by atoms with Crippen LogP contribution in [0, 0.1) is 0 Å². The highest BCUT2D eigenvalue weighted by molar-refractivity contribution is 6.61. The highest BCUT2D eigenvalue weighted by Gasteiger charge is 2.41. The minimum atomic E-state index is -2.55. The Morgan fingerprint density at radius 1 is 0.483 bits per heavy atom. The van der Waals surface area contributed by atoms with Crippen LogP contribution >= 0.6 is 0 Å². The van der Waals surface area contributed by atoms with Gasteiger partial charge in [0.1, 0.15) is 0 Å². The molecule has 0 bridgehead atoms. The smallest absolute Gasteiger partial charge is 0.374 e. The summed E-state index contributed by atoms with van der Waals surface area (Å²) in [6.45, 7) is 21.0. The Morgan fingerprint density at radius 3 is 0.966 bits per heavy atom. The van der Waals surface area contributed by atoms with E-state index in [2.05, 4.69) is 11.8 Å². The van der Waals surface area contributed by atoms with Crippen molar-refractivity contribution in [2.45, 2.75) is 73.4 Å². The third-order valence-electron chi connectivity index (χ3n) is 4.55. The molecule has 0 aromatic carbocycles. The molecular formula is C20H47NO6Si2. The van der Waals surface area contributed by atoms with Crippen LogP contribution in [0.15, 0.2) is 0 Å². The second-order valence-electron chi connectivity index (χ2n) is 6.61. The molecule has 0 saturated carbocycles. The van der Waals surface area contributed by atoms with Crippen LogP contribution < -0.4 is 0 Å². The van der Waals surface area contributed by atoms with Gasteiger partial charge >= 0.3 is 17.6 Å². The van der Waals surface area contributed by atoms with Gasteiger partial charge in [-0.3, -0.25) is 0 Å². The summed E-state index contributed by atoms with van der Waals surface area (Å²) in [5.41, 5.74) is 0. The number of nitrogens with zero attached hydrogens (tertiary/aromatic N) is 1. The lowest BCUT2D eigenvalue weighted by molar-refractivity contribution is 0.0694. The van der Waals surface area contributed by atoms with E-state index in [1.54, 1.807) is 0 Å². The van der Waals surface area contributed by atoms with E-state index in [1.165, 1.54) is 0 Å². The zero-order valence-corrected chi connectivity index (χ0v) is 22.1. The second kappa shape index (κ2) is 17.8. The molecule has 0 spiro atoms. The van der Waals surface area contributed by atoms with Crippen LogP contribution in [0.5, 0.6) is 0 Å². The molecule has 0 heterocycles. The molecule has 0 aliphatic heterocycles. The minimum Gasteiger partial charge on any atom is -0.374 e. The summed E-state index contributed by atoms with van der Waals surface area (Å²) in [7, 11) is -5.10. The van der Waals surface area contributed by atoms with E-state index in [-0.39, 0.29) is 0 Å². The van der Waals surface area contributed by atoms with Crippen molar-refractivity contribution in [3.63, 3.8) is 0 Å². The van der Waals surface area contributed by atoms with Crippen molar-refractivity contribution in [2.24, 2.45) is 0 Å². The Bertz CT molecular complexity index is 313. The quantitative estimate of drug-likeness (QED) is 0.242. The number of hydrogen-bond donors (Lipinski definition) is 0. The molecule has 0 N–H and O–H groups in total. The van der Waals surface area contributed by atoms with Crippen LogP contribution in [0.2, 0.25) is 12.1 Å². The van der Waals surface area contributed by atoms with Crippen LogP contribution in [-0.2, 0) is 26.6 Å². The molecule has 0 radical (unpaired) electrons. The highest BCUT2D eigenvalue weighted by Crippen LogP contribution is 2.20. The number of hydrogen-bond acceptors (Lipinski definition) is 7. The predicted molar refractivity (Wildman–Crippen MR) is 122 cm³/mol. The fourth-order valence-electron chi connectivity index (χ4n) is 3.47. The van der Waals surface area contributed by atoms with Gasteiger partial charge in [0, 0.05) is 51.7 Å². The van der Waals surface area contributed by atoms with Crippen molar-refractivity contribution in [3.05, 3.63) is 0 Å². The molecule has 0 unspecified atom stereocenters. The Hall–Kier alpha value is 0.154. The van der Waals surface area contributed by atoms with Gasteiger partial charge in [-0.1, -0.05) is 6.92 Å². The van der Waals surface area contributed by atoms with Crippen molar-refractivity contribution in [3.8, 4) is 0 Å². The summed E-state index contributed by atoms with van der Waals surface area (Å²) in [4.78, 5) is 2.46. The largest absolute Gasteiger partial charge is 0.500 e. The van der Waals surface area contributed by atoms with E-state index < -0.39 is 17.6 Å². The molecule has 0 saturated heterocycles. The van der Waals surface area contributed by atoms with E-state index in [9.17, 15) is 0 Å². The molecule has 9 heteroatoms. The summed E-state index contributed by atoms with van der Waals surface area (Å²) < 4.78 is 35.8. The van der Waals surface area contributed by atoms with Crippen molar-refractivity contribution in [2.75, 3.05) is 59.3 Å². The normalized spacial score (nSPS) is 12.8. The lowest BCUT2D eigenvalue weighted by Gasteiger charge is -2.30. The van der Waals surface area contributed by atoms with E-state index in [1.807, 2.05) is 41.5 Å². The maximum absolute atomic E-state index is 5.96. The van der Waals surface area contributed by atoms with E-state index in [4.69, 9.17) is 26.6 Å². The molecule has 0 aliphatic rings. The molecule has 0 aliphatic carbocycles. The van der Waals surface area contributed by atoms with Crippen LogP contribution in [0.1, 0.15) is 61.3 Å². The van der Waals surface area contributed by atoms with Gasteiger partial charge in [0.15, 0.2) is 0 Å². The van der Waals surface area contributed by atoms with E-state index >= 15 is 0 Å². The fraction of sp³-hybridized carbons (Fsp3) is 1.00. The van der Waals surface area contributed by atoms with E-state index in [0.717, 1.165) is 44.6 Å². The third kappa shape index (κ3) is 11.9. The van der Waals surface area contributed by atoms with Crippen molar-refractivity contribution >= 4 is 17.6 Å². The standard InChI is InChI=1S/C20H47NO6Si2/c1-8-21(17-15-19-28(22-9-2,23-10-3)24-11-4)18-16-20-29(25-12-5,26-13-6)27-14-7/h8-20H2,1-7H3. The van der Waals surface area contributed by atoms with Gasteiger partial charge < -0.3 is 31.5 Å². The third-order valence-corrected chi connectivity index (χ3v) is 10.9. The molecule has 176 valence electrons. The van der Waals surface area contributed by atoms with Crippen LogP contribution in [0.3, 0.4) is 0 Å². The Morgan fingerprint density at radius 2 is 0.759 bits per heavy atom. The first-order valence-electron chi connectivity index (χ1n) is 11.6. The van der Waals surface area contributed by atoms with Gasteiger partial charge in [-0.15, -0.1) is 0 Å². The van der Waals surface area contributed by atoms with Crippen LogP contribution in [-0.4, -0.2) is 81.8 Å².